The molecule has 1 fully saturated rings. The Labute approximate surface area is 138 Å². The van der Waals surface area contributed by atoms with E-state index in [-0.39, 0.29) is 0 Å². The van der Waals surface area contributed by atoms with Gasteiger partial charge < -0.3 is 15.0 Å². The van der Waals surface area contributed by atoms with Gasteiger partial charge in [-0.25, -0.2) is 0 Å². The van der Waals surface area contributed by atoms with E-state index in [2.05, 4.69) is 58.2 Å². The monoisotopic (exact) mass is 321 g/mol. The molecule has 0 spiro atoms. The summed E-state index contributed by atoms with van der Waals surface area (Å²) < 4.78 is 5.14. The number of methoxy groups -OCH3 is 1. The number of hydrogen-bond acceptors (Lipinski definition) is 3. The first kappa shape index (κ1) is 17.2. The van der Waals surface area contributed by atoms with Gasteiger partial charge in [-0.2, -0.15) is 11.8 Å². The van der Waals surface area contributed by atoms with Crippen LogP contribution in [0, 0.1) is 0 Å². The molecule has 0 bridgehead atoms. The SMILES string of the molecule is CCC1CN(C(=NC)NCc2ccc(COC)cc2)CCS1. The van der Waals surface area contributed by atoms with Gasteiger partial charge in [-0.15, -0.1) is 0 Å². The van der Waals surface area contributed by atoms with Crippen molar-refractivity contribution in [2.24, 2.45) is 4.99 Å². The highest BCUT2D eigenvalue weighted by atomic mass is 32.2. The molecular weight excluding hydrogens is 294 g/mol. The molecule has 4 nitrogen and oxygen atoms in total. The number of nitrogens with one attached hydrogen (secondary N) is 1. The van der Waals surface area contributed by atoms with Gasteiger partial charge in [0.05, 0.1) is 6.61 Å². The molecule has 5 heteroatoms. The van der Waals surface area contributed by atoms with Crippen molar-refractivity contribution >= 4 is 17.7 Å². The maximum absolute atomic E-state index is 5.14. The first-order chi connectivity index (χ1) is 10.8. The number of ether oxygens (including phenoxy) is 1. The summed E-state index contributed by atoms with van der Waals surface area (Å²) >= 11 is 2.08. The van der Waals surface area contributed by atoms with Crippen LogP contribution in [-0.4, -0.2) is 49.1 Å². The van der Waals surface area contributed by atoms with Gasteiger partial charge in [0, 0.05) is 44.8 Å². The second-order valence-electron chi connectivity index (χ2n) is 5.50. The molecule has 0 aromatic heterocycles. The summed E-state index contributed by atoms with van der Waals surface area (Å²) in [6.45, 7) is 5.90. The molecule has 0 amide bonds. The predicted octanol–water partition coefficient (Wildman–Crippen LogP) is 2.74. The van der Waals surface area contributed by atoms with E-state index in [0.717, 1.165) is 30.8 Å². The number of hydrogen-bond donors (Lipinski definition) is 1. The quantitative estimate of drug-likeness (QED) is 0.668. The van der Waals surface area contributed by atoms with E-state index in [1.54, 1.807) is 7.11 Å². The van der Waals surface area contributed by atoms with Crippen molar-refractivity contribution in [3.63, 3.8) is 0 Å². The Morgan fingerprint density at radius 3 is 2.73 bits per heavy atom. The molecule has 1 N–H and O–H groups in total. The molecule has 2 rings (SSSR count). The Morgan fingerprint density at radius 1 is 1.36 bits per heavy atom. The molecular formula is C17H27N3OS. The Balaban J connectivity index is 1.88. The maximum atomic E-state index is 5.14. The highest BCUT2D eigenvalue weighted by molar-refractivity contribution is 8.00. The van der Waals surface area contributed by atoms with Crippen molar-refractivity contribution in [3.8, 4) is 0 Å². The summed E-state index contributed by atoms with van der Waals surface area (Å²) in [5.74, 6) is 2.20. The molecule has 0 aliphatic carbocycles. The minimum absolute atomic E-state index is 0.666. The molecule has 1 aromatic carbocycles. The molecule has 1 unspecified atom stereocenters. The standard InChI is InChI=1S/C17H27N3OS/c1-4-16-12-20(9-10-22-16)17(18-2)19-11-14-5-7-15(8-6-14)13-21-3/h5-8,16H,4,9-13H2,1-3H3,(H,18,19). The summed E-state index contributed by atoms with van der Waals surface area (Å²) in [5, 5.41) is 4.21. The van der Waals surface area contributed by atoms with Gasteiger partial charge in [0.15, 0.2) is 5.96 Å². The molecule has 122 valence electrons. The average Bonchev–Trinajstić information content (AvgIpc) is 2.57. The first-order valence-electron chi connectivity index (χ1n) is 7.90. The predicted molar refractivity (Wildman–Crippen MR) is 95.5 cm³/mol. The first-order valence-corrected chi connectivity index (χ1v) is 8.95. The van der Waals surface area contributed by atoms with E-state index >= 15 is 0 Å². The Bertz CT molecular complexity index is 475. The summed E-state index contributed by atoms with van der Waals surface area (Å²) in [6.07, 6.45) is 1.22. The number of aliphatic imine (C=N–C) groups is 1. The minimum atomic E-state index is 0.666. The van der Waals surface area contributed by atoms with Crippen LogP contribution in [0.1, 0.15) is 24.5 Å². The average molecular weight is 321 g/mol. The van der Waals surface area contributed by atoms with Crippen molar-refractivity contribution in [3.05, 3.63) is 35.4 Å². The maximum Gasteiger partial charge on any atom is 0.193 e. The van der Waals surface area contributed by atoms with Crippen molar-refractivity contribution in [2.45, 2.75) is 31.7 Å². The summed E-state index contributed by atoms with van der Waals surface area (Å²) in [4.78, 5) is 6.82. The van der Waals surface area contributed by atoms with Crippen LogP contribution in [0.5, 0.6) is 0 Å². The highest BCUT2D eigenvalue weighted by Gasteiger charge is 2.21. The minimum Gasteiger partial charge on any atom is -0.380 e. The summed E-state index contributed by atoms with van der Waals surface area (Å²) in [7, 11) is 3.59. The second kappa shape index (κ2) is 9.06. The summed E-state index contributed by atoms with van der Waals surface area (Å²) in [6, 6.07) is 8.53. The van der Waals surface area contributed by atoms with E-state index in [1.807, 2.05) is 7.05 Å². The third-order valence-electron chi connectivity index (χ3n) is 3.89. The van der Waals surface area contributed by atoms with Gasteiger partial charge in [-0.3, -0.25) is 4.99 Å². The van der Waals surface area contributed by atoms with E-state index in [0.29, 0.717) is 6.61 Å². The number of guanidine groups is 1. The van der Waals surface area contributed by atoms with Crippen LogP contribution in [-0.2, 0) is 17.9 Å². The zero-order chi connectivity index (χ0) is 15.8. The van der Waals surface area contributed by atoms with Crippen molar-refractivity contribution < 1.29 is 4.74 Å². The van der Waals surface area contributed by atoms with Crippen molar-refractivity contribution in [1.82, 2.24) is 10.2 Å². The Kier molecular flexibility index (Phi) is 7.06. The highest BCUT2D eigenvalue weighted by Crippen LogP contribution is 2.21. The lowest BCUT2D eigenvalue weighted by Crippen LogP contribution is -2.47. The molecule has 1 aliphatic heterocycles. The fraction of sp³-hybridized carbons (Fsp3) is 0.588. The molecule has 0 saturated carbocycles. The van der Waals surface area contributed by atoms with E-state index in [9.17, 15) is 0 Å². The largest absolute Gasteiger partial charge is 0.380 e. The van der Waals surface area contributed by atoms with Crippen LogP contribution in [0.15, 0.2) is 29.3 Å². The zero-order valence-corrected chi connectivity index (χ0v) is 14.7. The number of thioether (sulfide) groups is 1. The van der Waals surface area contributed by atoms with Gasteiger partial charge in [0.2, 0.25) is 0 Å². The van der Waals surface area contributed by atoms with Crippen LogP contribution in [0.25, 0.3) is 0 Å². The van der Waals surface area contributed by atoms with Crippen molar-refractivity contribution in [1.29, 1.82) is 0 Å². The third kappa shape index (κ3) is 4.92. The summed E-state index contributed by atoms with van der Waals surface area (Å²) in [5.41, 5.74) is 2.47. The lowest BCUT2D eigenvalue weighted by Gasteiger charge is -2.34. The van der Waals surface area contributed by atoms with Crippen LogP contribution < -0.4 is 5.32 Å². The fourth-order valence-corrected chi connectivity index (χ4v) is 3.77. The van der Waals surface area contributed by atoms with Gasteiger partial charge in [0.1, 0.15) is 0 Å². The third-order valence-corrected chi connectivity index (χ3v) is 5.26. The lowest BCUT2D eigenvalue weighted by molar-refractivity contribution is 0.185. The number of nitrogens with zero attached hydrogens (tertiary/aromatic N) is 2. The normalized spacial score (nSPS) is 19.3. The van der Waals surface area contributed by atoms with E-state index < -0.39 is 0 Å². The van der Waals surface area contributed by atoms with E-state index in [4.69, 9.17) is 4.74 Å². The smallest absolute Gasteiger partial charge is 0.193 e. The molecule has 0 radical (unpaired) electrons. The molecule has 22 heavy (non-hydrogen) atoms. The Hall–Kier alpha value is -1.20. The van der Waals surface area contributed by atoms with Gasteiger partial charge in [-0.05, 0) is 17.5 Å². The van der Waals surface area contributed by atoms with Gasteiger partial charge in [-0.1, -0.05) is 31.2 Å². The van der Waals surface area contributed by atoms with Crippen LogP contribution in [0.4, 0.5) is 0 Å². The molecule has 1 heterocycles. The molecule has 1 aromatic rings. The molecule has 1 atom stereocenters. The van der Waals surface area contributed by atoms with Crippen LogP contribution in [0.2, 0.25) is 0 Å². The van der Waals surface area contributed by atoms with Crippen LogP contribution >= 0.6 is 11.8 Å². The number of benzene rings is 1. The van der Waals surface area contributed by atoms with Crippen molar-refractivity contribution in [2.75, 3.05) is 33.0 Å². The van der Waals surface area contributed by atoms with E-state index in [1.165, 1.54) is 23.3 Å². The zero-order valence-electron chi connectivity index (χ0n) is 13.8. The molecule has 1 saturated heterocycles. The van der Waals surface area contributed by atoms with Crippen LogP contribution in [0.3, 0.4) is 0 Å². The lowest BCUT2D eigenvalue weighted by atomic mass is 10.1. The molecule has 1 aliphatic rings. The Morgan fingerprint density at radius 2 is 2.09 bits per heavy atom. The van der Waals surface area contributed by atoms with Gasteiger partial charge in [0.25, 0.3) is 0 Å². The fourth-order valence-electron chi connectivity index (χ4n) is 2.59. The second-order valence-corrected chi connectivity index (χ2v) is 6.91. The number of rotatable bonds is 5. The topological polar surface area (TPSA) is 36.9 Å². The van der Waals surface area contributed by atoms with Gasteiger partial charge >= 0.3 is 0 Å².